The molecule has 0 spiro atoms. The number of rotatable bonds is 5. The van der Waals surface area contributed by atoms with Gasteiger partial charge in [0.05, 0.1) is 29.8 Å². The molecular weight excluding hydrogens is 426 g/mol. The Hall–Kier alpha value is -3.40. The number of benzene rings is 1. The second-order valence-corrected chi connectivity index (χ2v) is 10.4. The largest absolute Gasteiger partial charge is 0.371 e. The topological polar surface area (TPSA) is 97.9 Å². The molecule has 4 aromatic rings. The van der Waals surface area contributed by atoms with Crippen molar-refractivity contribution in [2.75, 3.05) is 22.7 Å². The minimum atomic E-state index is -3.83. The lowest BCUT2D eigenvalue weighted by Crippen LogP contribution is -2.48. The molecule has 0 atom stereocenters. The molecule has 1 aliphatic carbocycles. The van der Waals surface area contributed by atoms with Crippen LogP contribution in [0.2, 0.25) is 0 Å². The second-order valence-electron chi connectivity index (χ2n) is 8.72. The molecule has 2 bridgehead atoms. The normalized spacial score (nSPS) is 20.3. The zero-order chi connectivity index (χ0) is 21.9. The van der Waals surface area contributed by atoms with E-state index in [9.17, 15) is 8.42 Å². The molecule has 0 amide bonds. The molecule has 164 valence electrons. The fourth-order valence-electron chi connectivity index (χ4n) is 4.90. The molecule has 1 saturated carbocycles. The van der Waals surface area contributed by atoms with E-state index in [1.54, 1.807) is 36.3 Å². The van der Waals surface area contributed by atoms with Crippen LogP contribution in [0.1, 0.15) is 12.8 Å². The number of anilines is 2. The Morgan fingerprint density at radius 3 is 2.69 bits per heavy atom. The third-order valence-corrected chi connectivity index (χ3v) is 7.81. The number of sulfonamides is 1. The highest BCUT2D eigenvalue weighted by Gasteiger charge is 2.37. The van der Waals surface area contributed by atoms with Crippen molar-refractivity contribution >= 4 is 32.3 Å². The Bertz CT molecular complexity index is 1410. The molecule has 9 nitrogen and oxygen atoms in total. The molecular formula is C22H23N7O2S. The quantitative estimate of drug-likeness (QED) is 0.503. The van der Waals surface area contributed by atoms with Gasteiger partial charge in [-0.15, -0.1) is 0 Å². The lowest BCUT2D eigenvalue weighted by molar-refractivity contribution is 0.159. The van der Waals surface area contributed by atoms with Gasteiger partial charge in [-0.3, -0.25) is 9.40 Å². The van der Waals surface area contributed by atoms with Crippen molar-refractivity contribution in [1.29, 1.82) is 0 Å². The lowest BCUT2D eigenvalue weighted by Gasteiger charge is -2.48. The fraction of sp³-hybridized carbons (Fsp3) is 0.318. The van der Waals surface area contributed by atoms with Crippen LogP contribution >= 0.6 is 0 Å². The van der Waals surface area contributed by atoms with E-state index in [0.29, 0.717) is 11.5 Å². The van der Waals surface area contributed by atoms with Crippen molar-refractivity contribution in [3.8, 4) is 5.82 Å². The molecule has 5 heterocycles. The van der Waals surface area contributed by atoms with Crippen molar-refractivity contribution in [2.45, 2.75) is 17.7 Å². The highest BCUT2D eigenvalue weighted by Crippen LogP contribution is 2.41. The van der Waals surface area contributed by atoms with Crippen LogP contribution in [0.3, 0.4) is 0 Å². The molecule has 1 N–H and O–H groups in total. The molecule has 32 heavy (non-hydrogen) atoms. The molecule has 10 heteroatoms. The Labute approximate surface area is 185 Å². The second kappa shape index (κ2) is 7.06. The van der Waals surface area contributed by atoms with Gasteiger partial charge in [0.15, 0.2) is 5.82 Å². The van der Waals surface area contributed by atoms with Crippen molar-refractivity contribution in [1.82, 2.24) is 24.5 Å². The Morgan fingerprint density at radius 1 is 1.06 bits per heavy atom. The summed E-state index contributed by atoms with van der Waals surface area (Å²) in [5, 5.41) is 9.34. The van der Waals surface area contributed by atoms with E-state index in [0.717, 1.165) is 41.5 Å². The summed E-state index contributed by atoms with van der Waals surface area (Å²) in [5.74, 6) is 2.18. The Kier molecular flexibility index (Phi) is 4.26. The molecule has 0 unspecified atom stereocenters. The highest BCUT2D eigenvalue weighted by atomic mass is 32.2. The number of hydrogen-bond donors (Lipinski definition) is 1. The van der Waals surface area contributed by atoms with Gasteiger partial charge in [0, 0.05) is 43.5 Å². The van der Waals surface area contributed by atoms with Gasteiger partial charge in [0.1, 0.15) is 4.90 Å². The summed E-state index contributed by atoms with van der Waals surface area (Å²) < 4.78 is 31.9. The van der Waals surface area contributed by atoms with Crippen LogP contribution < -0.4 is 9.62 Å². The predicted molar refractivity (Wildman–Crippen MR) is 121 cm³/mol. The summed E-state index contributed by atoms with van der Waals surface area (Å²) in [6, 6.07) is 9.39. The monoisotopic (exact) mass is 449 g/mol. The van der Waals surface area contributed by atoms with Crippen LogP contribution in [0.5, 0.6) is 0 Å². The van der Waals surface area contributed by atoms with Gasteiger partial charge in [-0.25, -0.2) is 18.1 Å². The number of aromatic nitrogens is 5. The fourth-order valence-corrected chi connectivity index (χ4v) is 5.90. The summed E-state index contributed by atoms with van der Waals surface area (Å²) in [5.41, 5.74) is 2.29. The first-order chi connectivity index (χ1) is 15.5. The number of para-hydroxylation sites is 1. The van der Waals surface area contributed by atoms with E-state index >= 15 is 0 Å². The van der Waals surface area contributed by atoms with E-state index in [4.69, 9.17) is 0 Å². The minimum Gasteiger partial charge on any atom is -0.371 e. The number of nitrogens with zero attached hydrogens (tertiary/aromatic N) is 6. The molecule has 3 aliphatic rings. The van der Waals surface area contributed by atoms with Gasteiger partial charge in [0.2, 0.25) is 0 Å². The van der Waals surface area contributed by atoms with Crippen LogP contribution in [-0.2, 0) is 17.1 Å². The zero-order valence-electron chi connectivity index (χ0n) is 17.6. The van der Waals surface area contributed by atoms with Crippen molar-refractivity contribution in [3.05, 3.63) is 55.1 Å². The van der Waals surface area contributed by atoms with Crippen molar-refractivity contribution in [3.63, 3.8) is 0 Å². The van der Waals surface area contributed by atoms with Gasteiger partial charge in [-0.1, -0.05) is 12.1 Å². The molecule has 1 aromatic carbocycles. The molecule has 3 aromatic heterocycles. The SMILES string of the molecule is Cn1ncc2cccc(NS(=O)(=O)c3cnn(-c4cc(N5CC6CC(C6)C5)ccn4)c3)c21. The van der Waals surface area contributed by atoms with Crippen LogP contribution in [0.4, 0.5) is 11.4 Å². The maximum Gasteiger partial charge on any atom is 0.265 e. The third kappa shape index (κ3) is 3.22. The van der Waals surface area contributed by atoms with Crippen LogP contribution in [0.15, 0.2) is 60.0 Å². The molecule has 0 radical (unpaired) electrons. The summed E-state index contributed by atoms with van der Waals surface area (Å²) in [7, 11) is -2.05. The average molecular weight is 450 g/mol. The highest BCUT2D eigenvalue weighted by molar-refractivity contribution is 7.92. The number of pyridine rings is 1. The maximum absolute atomic E-state index is 13.1. The number of fused-ring (bicyclic) bond motifs is 3. The Balaban J connectivity index is 1.27. The smallest absolute Gasteiger partial charge is 0.265 e. The molecule has 7 rings (SSSR count). The van der Waals surface area contributed by atoms with Crippen molar-refractivity contribution < 1.29 is 8.42 Å². The summed E-state index contributed by atoms with van der Waals surface area (Å²) >= 11 is 0. The number of nitrogens with one attached hydrogen (secondary N) is 1. The maximum atomic E-state index is 13.1. The van der Waals surface area contributed by atoms with Gasteiger partial charge in [-0.2, -0.15) is 10.2 Å². The van der Waals surface area contributed by atoms with Crippen LogP contribution in [0.25, 0.3) is 16.7 Å². The standard InChI is InChI=1S/C22H23N7O2S/c1-27-22-17(10-24-27)3-2-4-20(22)26-32(30,31)19-11-25-29(14-19)21-9-18(5-6-23-21)28-12-15-7-16(8-15)13-28/h2-6,9-11,14-16,26H,7-8,12-13H2,1H3. The first-order valence-electron chi connectivity index (χ1n) is 10.7. The van der Waals surface area contributed by atoms with Gasteiger partial charge < -0.3 is 4.90 Å². The van der Waals surface area contributed by atoms with Gasteiger partial charge in [-0.05, 0) is 36.8 Å². The molecule has 2 saturated heterocycles. The first-order valence-corrected chi connectivity index (χ1v) is 12.1. The van der Waals surface area contributed by atoms with E-state index in [1.807, 2.05) is 18.2 Å². The van der Waals surface area contributed by atoms with Gasteiger partial charge in [0.25, 0.3) is 10.0 Å². The lowest BCUT2D eigenvalue weighted by atomic mass is 9.71. The minimum absolute atomic E-state index is 0.0723. The first kappa shape index (κ1) is 19.3. The summed E-state index contributed by atoms with van der Waals surface area (Å²) in [4.78, 5) is 6.87. The number of aryl methyl sites for hydroxylation is 1. The van der Waals surface area contributed by atoms with Gasteiger partial charge >= 0.3 is 0 Å². The molecule has 2 aliphatic heterocycles. The van der Waals surface area contributed by atoms with Crippen molar-refractivity contribution in [2.24, 2.45) is 18.9 Å². The number of piperidine rings is 2. The van der Waals surface area contributed by atoms with E-state index in [-0.39, 0.29) is 4.90 Å². The van der Waals surface area contributed by atoms with Crippen LogP contribution in [0, 0.1) is 11.8 Å². The third-order valence-electron chi connectivity index (χ3n) is 6.49. The predicted octanol–water partition coefficient (Wildman–Crippen LogP) is 2.80. The van der Waals surface area contributed by atoms with E-state index in [1.165, 1.54) is 29.9 Å². The average Bonchev–Trinajstić information content (AvgIpc) is 3.42. The zero-order valence-corrected chi connectivity index (χ0v) is 18.4. The summed E-state index contributed by atoms with van der Waals surface area (Å²) in [6.07, 6.45) is 8.97. The summed E-state index contributed by atoms with van der Waals surface area (Å²) in [6.45, 7) is 2.14. The molecule has 3 fully saturated rings. The van der Waals surface area contributed by atoms with Crippen LogP contribution in [-0.4, -0.2) is 46.1 Å². The van der Waals surface area contributed by atoms with E-state index in [2.05, 4.69) is 24.8 Å². The van der Waals surface area contributed by atoms with E-state index < -0.39 is 10.0 Å². The number of hydrogen-bond acceptors (Lipinski definition) is 6. The Morgan fingerprint density at radius 2 is 1.88 bits per heavy atom.